The van der Waals surface area contributed by atoms with Crippen LogP contribution in [0.2, 0.25) is 5.02 Å². The molecule has 1 aromatic carbocycles. The number of hydrogen-bond acceptors (Lipinski definition) is 1. The van der Waals surface area contributed by atoms with Crippen LogP contribution in [-0.2, 0) is 7.05 Å². The highest BCUT2D eigenvalue weighted by atomic mass is 35.5. The molecule has 13 heavy (non-hydrogen) atoms. The quantitative estimate of drug-likeness (QED) is 0.633. The Morgan fingerprint density at radius 2 is 2.00 bits per heavy atom. The van der Waals surface area contributed by atoms with E-state index in [1.54, 1.807) is 10.9 Å². The van der Waals surface area contributed by atoms with Crippen molar-refractivity contribution in [2.24, 2.45) is 7.05 Å². The Labute approximate surface area is 83.1 Å². The van der Waals surface area contributed by atoms with Crippen molar-refractivity contribution in [1.29, 1.82) is 0 Å². The second-order valence-corrected chi connectivity index (χ2v) is 2.85. The summed E-state index contributed by atoms with van der Waals surface area (Å²) in [6, 6.07) is 5.78. The maximum absolute atomic E-state index is 5.92. The van der Waals surface area contributed by atoms with Crippen molar-refractivity contribution >= 4 is 22.5 Å². The fourth-order valence-electron chi connectivity index (χ4n) is 1.14. The van der Waals surface area contributed by atoms with Gasteiger partial charge in [0.2, 0.25) is 0 Å². The summed E-state index contributed by atoms with van der Waals surface area (Å²) in [5.41, 5.74) is 1.07. The minimum absolute atomic E-state index is 0.760. The number of benzene rings is 1. The van der Waals surface area contributed by atoms with Gasteiger partial charge in [-0.15, -0.1) is 0 Å². The van der Waals surface area contributed by atoms with Crippen LogP contribution in [0, 0.1) is 0 Å². The molecular weight excluding hydrogens is 184 g/mol. The first-order chi connectivity index (χ1) is 6.29. The lowest BCUT2D eigenvalue weighted by molar-refractivity contribution is 0.797. The van der Waals surface area contributed by atoms with Crippen molar-refractivity contribution < 1.29 is 0 Å². The highest BCUT2D eigenvalue weighted by Crippen LogP contribution is 2.21. The van der Waals surface area contributed by atoms with Gasteiger partial charge in [-0.3, -0.25) is 4.68 Å². The zero-order valence-electron chi connectivity index (χ0n) is 8.08. The number of halogens is 1. The molecule has 0 aliphatic carbocycles. The normalized spacial score (nSPS) is 9.54. The van der Waals surface area contributed by atoms with Crippen molar-refractivity contribution in [2.75, 3.05) is 0 Å². The highest BCUT2D eigenvalue weighted by Gasteiger charge is 2.00. The SMILES string of the molecule is CC.Cn1ncc2c(Cl)cccc21. The molecule has 3 heteroatoms. The van der Waals surface area contributed by atoms with Crippen molar-refractivity contribution in [3.05, 3.63) is 29.4 Å². The zero-order valence-corrected chi connectivity index (χ0v) is 8.84. The topological polar surface area (TPSA) is 17.8 Å². The van der Waals surface area contributed by atoms with Gasteiger partial charge in [-0.1, -0.05) is 31.5 Å². The minimum atomic E-state index is 0.760. The van der Waals surface area contributed by atoms with Gasteiger partial charge in [-0.25, -0.2) is 0 Å². The molecular formula is C10H13ClN2. The van der Waals surface area contributed by atoms with Crippen LogP contribution in [0.25, 0.3) is 10.9 Å². The Balaban J connectivity index is 0.000000396. The number of rotatable bonds is 0. The Kier molecular flexibility index (Phi) is 3.32. The van der Waals surface area contributed by atoms with Gasteiger partial charge >= 0.3 is 0 Å². The predicted molar refractivity (Wildman–Crippen MR) is 57.1 cm³/mol. The first-order valence-corrected chi connectivity index (χ1v) is 4.73. The fraction of sp³-hybridized carbons (Fsp3) is 0.300. The summed E-state index contributed by atoms with van der Waals surface area (Å²) in [5.74, 6) is 0. The summed E-state index contributed by atoms with van der Waals surface area (Å²) >= 11 is 5.92. The third-order valence-electron chi connectivity index (χ3n) is 1.74. The Morgan fingerprint density at radius 1 is 1.31 bits per heavy atom. The number of fused-ring (bicyclic) bond motifs is 1. The Morgan fingerprint density at radius 3 is 2.62 bits per heavy atom. The van der Waals surface area contributed by atoms with Crippen LogP contribution in [0.1, 0.15) is 13.8 Å². The number of nitrogens with zero attached hydrogens (tertiary/aromatic N) is 2. The van der Waals surface area contributed by atoms with Gasteiger partial charge in [0.1, 0.15) is 0 Å². The van der Waals surface area contributed by atoms with E-state index in [9.17, 15) is 0 Å². The number of aromatic nitrogens is 2. The summed E-state index contributed by atoms with van der Waals surface area (Å²) in [6.45, 7) is 4.00. The van der Waals surface area contributed by atoms with Gasteiger partial charge in [0.25, 0.3) is 0 Å². The molecule has 0 spiro atoms. The summed E-state index contributed by atoms with van der Waals surface area (Å²) < 4.78 is 1.81. The lowest BCUT2D eigenvalue weighted by atomic mass is 10.2. The molecule has 0 aliphatic heterocycles. The van der Waals surface area contributed by atoms with Crippen LogP contribution >= 0.6 is 11.6 Å². The summed E-state index contributed by atoms with van der Waals surface area (Å²) in [5, 5.41) is 5.86. The van der Waals surface area contributed by atoms with Crippen LogP contribution in [0.4, 0.5) is 0 Å². The van der Waals surface area contributed by atoms with Crippen molar-refractivity contribution in [3.8, 4) is 0 Å². The standard InChI is InChI=1S/C8H7ClN2.C2H6/c1-11-8-4-2-3-7(9)6(8)5-10-11;1-2/h2-5H,1H3;1-2H3. The van der Waals surface area contributed by atoms with Gasteiger partial charge < -0.3 is 0 Å². The van der Waals surface area contributed by atoms with E-state index >= 15 is 0 Å². The van der Waals surface area contributed by atoms with Crippen LogP contribution in [0.5, 0.6) is 0 Å². The van der Waals surface area contributed by atoms with Crippen LogP contribution < -0.4 is 0 Å². The molecule has 0 amide bonds. The third-order valence-corrected chi connectivity index (χ3v) is 2.07. The maximum atomic E-state index is 5.92. The average molecular weight is 197 g/mol. The first kappa shape index (κ1) is 10.1. The fourth-order valence-corrected chi connectivity index (χ4v) is 1.36. The van der Waals surface area contributed by atoms with Gasteiger partial charge in [0.15, 0.2) is 0 Å². The van der Waals surface area contributed by atoms with E-state index in [4.69, 9.17) is 11.6 Å². The Bertz CT molecular complexity index is 393. The molecule has 0 radical (unpaired) electrons. The second kappa shape index (κ2) is 4.28. The highest BCUT2D eigenvalue weighted by molar-refractivity contribution is 6.35. The van der Waals surface area contributed by atoms with Crippen molar-refractivity contribution in [3.63, 3.8) is 0 Å². The lowest BCUT2D eigenvalue weighted by Gasteiger charge is -1.93. The number of hydrogen-bond donors (Lipinski definition) is 0. The molecule has 0 N–H and O–H groups in total. The van der Waals surface area contributed by atoms with Gasteiger partial charge in [-0.2, -0.15) is 5.10 Å². The molecule has 0 saturated heterocycles. The molecule has 1 heterocycles. The molecule has 0 atom stereocenters. The molecule has 0 fully saturated rings. The van der Waals surface area contributed by atoms with E-state index in [0.717, 1.165) is 15.9 Å². The van der Waals surface area contributed by atoms with Gasteiger partial charge in [-0.05, 0) is 12.1 Å². The smallest absolute Gasteiger partial charge is 0.0694 e. The molecule has 0 bridgehead atoms. The summed E-state index contributed by atoms with van der Waals surface area (Å²) in [4.78, 5) is 0. The molecule has 2 nitrogen and oxygen atoms in total. The molecule has 70 valence electrons. The lowest BCUT2D eigenvalue weighted by Crippen LogP contribution is -1.87. The molecule has 2 aromatic rings. The largest absolute Gasteiger partial charge is 0.268 e. The Hall–Kier alpha value is -1.02. The first-order valence-electron chi connectivity index (χ1n) is 4.35. The molecule has 0 saturated carbocycles. The third kappa shape index (κ3) is 1.83. The average Bonchev–Trinajstić information content (AvgIpc) is 2.53. The monoisotopic (exact) mass is 196 g/mol. The van der Waals surface area contributed by atoms with Crippen molar-refractivity contribution in [2.45, 2.75) is 13.8 Å². The maximum Gasteiger partial charge on any atom is 0.0694 e. The molecule has 0 unspecified atom stereocenters. The van der Waals surface area contributed by atoms with Crippen LogP contribution in [0.3, 0.4) is 0 Å². The van der Waals surface area contributed by atoms with E-state index in [0.29, 0.717) is 0 Å². The van der Waals surface area contributed by atoms with Crippen LogP contribution in [-0.4, -0.2) is 9.78 Å². The van der Waals surface area contributed by atoms with Crippen LogP contribution in [0.15, 0.2) is 24.4 Å². The van der Waals surface area contributed by atoms with Gasteiger partial charge in [0, 0.05) is 12.4 Å². The van der Waals surface area contributed by atoms with Crippen molar-refractivity contribution in [1.82, 2.24) is 9.78 Å². The number of aryl methyl sites for hydroxylation is 1. The van der Waals surface area contributed by atoms with E-state index in [2.05, 4.69) is 5.10 Å². The molecule has 2 rings (SSSR count). The molecule has 0 aliphatic rings. The summed E-state index contributed by atoms with van der Waals surface area (Å²) in [6.07, 6.45) is 1.78. The van der Waals surface area contributed by atoms with E-state index in [1.807, 2.05) is 39.1 Å². The second-order valence-electron chi connectivity index (χ2n) is 2.44. The molecule has 1 aromatic heterocycles. The minimum Gasteiger partial charge on any atom is -0.268 e. The van der Waals surface area contributed by atoms with Gasteiger partial charge in [0.05, 0.1) is 16.7 Å². The predicted octanol–water partition coefficient (Wildman–Crippen LogP) is 3.25. The summed E-state index contributed by atoms with van der Waals surface area (Å²) in [7, 11) is 1.90. The zero-order chi connectivity index (χ0) is 9.84. The van der Waals surface area contributed by atoms with E-state index < -0.39 is 0 Å². The van der Waals surface area contributed by atoms with E-state index in [1.165, 1.54) is 0 Å². The van der Waals surface area contributed by atoms with E-state index in [-0.39, 0.29) is 0 Å².